The van der Waals surface area contributed by atoms with E-state index in [1.807, 2.05) is 5.38 Å². The third kappa shape index (κ3) is 1.96. The number of hydrogen-bond donors (Lipinski definition) is 1. The van der Waals surface area contributed by atoms with E-state index in [1.54, 1.807) is 19.1 Å². The van der Waals surface area contributed by atoms with Crippen LogP contribution in [-0.4, -0.2) is 28.0 Å². The average molecular weight is 291 g/mol. The molecule has 0 bridgehead atoms. The van der Waals surface area contributed by atoms with Crippen LogP contribution in [0.25, 0.3) is 21.3 Å². The van der Waals surface area contributed by atoms with Gasteiger partial charge in [-0.15, -0.1) is 16.4 Å². The van der Waals surface area contributed by atoms with Crippen LogP contribution in [0.5, 0.6) is 0 Å². The summed E-state index contributed by atoms with van der Waals surface area (Å²) in [4.78, 5) is 11.8. The first-order chi connectivity index (χ1) is 9.72. The van der Waals surface area contributed by atoms with E-state index in [9.17, 15) is 9.18 Å². The molecule has 0 saturated heterocycles. The van der Waals surface area contributed by atoms with Gasteiger partial charge in [0, 0.05) is 15.6 Å². The van der Waals surface area contributed by atoms with Crippen LogP contribution in [0, 0.1) is 5.82 Å². The van der Waals surface area contributed by atoms with E-state index in [2.05, 4.69) is 15.4 Å². The van der Waals surface area contributed by atoms with E-state index in [4.69, 9.17) is 4.74 Å². The summed E-state index contributed by atoms with van der Waals surface area (Å²) in [6.45, 7) is 1.91. The van der Waals surface area contributed by atoms with Gasteiger partial charge in [-0.25, -0.2) is 9.18 Å². The maximum absolute atomic E-state index is 14.2. The molecule has 0 fully saturated rings. The fraction of sp³-hybridized carbons (Fsp3) is 0.154. The number of aromatic nitrogens is 3. The van der Waals surface area contributed by atoms with Gasteiger partial charge in [0.1, 0.15) is 11.5 Å². The minimum atomic E-state index is -0.622. The normalized spacial score (nSPS) is 10.9. The molecule has 0 unspecified atom stereocenters. The predicted octanol–water partition coefficient (Wildman–Crippen LogP) is 3.00. The number of halogens is 1. The van der Waals surface area contributed by atoms with Crippen LogP contribution in [-0.2, 0) is 4.74 Å². The zero-order valence-corrected chi connectivity index (χ0v) is 11.3. The van der Waals surface area contributed by atoms with Crippen LogP contribution in [0.1, 0.15) is 17.4 Å². The number of carbonyl (C=O) groups is 1. The minimum absolute atomic E-state index is 0.00977. The van der Waals surface area contributed by atoms with Crippen LogP contribution in [0.15, 0.2) is 23.6 Å². The van der Waals surface area contributed by atoms with Gasteiger partial charge in [0.15, 0.2) is 5.69 Å². The van der Waals surface area contributed by atoms with Gasteiger partial charge in [-0.2, -0.15) is 10.3 Å². The average Bonchev–Trinajstić information content (AvgIpc) is 3.06. The number of ether oxygens (including phenoxy) is 1. The van der Waals surface area contributed by atoms with E-state index >= 15 is 0 Å². The molecule has 5 nitrogen and oxygen atoms in total. The van der Waals surface area contributed by atoms with Crippen LogP contribution in [0.2, 0.25) is 0 Å². The van der Waals surface area contributed by atoms with Crippen molar-refractivity contribution in [3.63, 3.8) is 0 Å². The Labute approximate surface area is 117 Å². The van der Waals surface area contributed by atoms with E-state index < -0.39 is 11.8 Å². The van der Waals surface area contributed by atoms with Crippen molar-refractivity contribution in [3.05, 3.63) is 35.1 Å². The Morgan fingerprint density at radius 2 is 2.25 bits per heavy atom. The highest BCUT2D eigenvalue weighted by Crippen LogP contribution is 2.34. The Kier molecular flexibility index (Phi) is 3.19. The lowest BCUT2D eigenvalue weighted by Gasteiger charge is -2.04. The third-order valence-electron chi connectivity index (χ3n) is 2.84. The molecule has 7 heteroatoms. The maximum atomic E-state index is 14.2. The summed E-state index contributed by atoms with van der Waals surface area (Å²) < 4.78 is 20.0. The van der Waals surface area contributed by atoms with Crippen molar-refractivity contribution in [1.29, 1.82) is 0 Å². The summed E-state index contributed by atoms with van der Waals surface area (Å²) in [6, 6.07) is 4.85. The fourth-order valence-electron chi connectivity index (χ4n) is 2.01. The zero-order valence-electron chi connectivity index (χ0n) is 10.5. The molecule has 0 amide bonds. The number of carbonyl (C=O) groups excluding carboxylic acids is 1. The number of esters is 1. The SMILES string of the molecule is CCOC(=O)c1n[nH]nc1-c1c(F)ccc2sccc12. The highest BCUT2D eigenvalue weighted by Gasteiger charge is 2.23. The molecular formula is C13H10FN3O2S. The number of fused-ring (bicyclic) bond motifs is 1. The molecule has 0 aliphatic carbocycles. The van der Waals surface area contributed by atoms with Gasteiger partial charge in [0.25, 0.3) is 0 Å². The first-order valence-electron chi connectivity index (χ1n) is 5.96. The molecule has 20 heavy (non-hydrogen) atoms. The Balaban J connectivity index is 2.21. The Bertz CT molecular complexity index is 781. The second-order valence-corrected chi connectivity index (χ2v) is 4.94. The highest BCUT2D eigenvalue weighted by molar-refractivity contribution is 7.17. The monoisotopic (exact) mass is 291 g/mol. The van der Waals surface area contributed by atoms with Crippen molar-refractivity contribution < 1.29 is 13.9 Å². The fourth-order valence-corrected chi connectivity index (χ4v) is 2.80. The maximum Gasteiger partial charge on any atom is 0.361 e. The molecule has 3 rings (SSSR count). The van der Waals surface area contributed by atoms with Crippen molar-refractivity contribution in [2.45, 2.75) is 6.92 Å². The van der Waals surface area contributed by atoms with Gasteiger partial charge in [0.05, 0.1) is 6.61 Å². The smallest absolute Gasteiger partial charge is 0.361 e. The lowest BCUT2D eigenvalue weighted by atomic mass is 10.1. The van der Waals surface area contributed by atoms with Crippen LogP contribution in [0.4, 0.5) is 4.39 Å². The number of aromatic amines is 1. The van der Waals surface area contributed by atoms with Gasteiger partial charge in [-0.1, -0.05) is 0 Å². The molecule has 102 valence electrons. The Hall–Kier alpha value is -2.28. The van der Waals surface area contributed by atoms with Crippen molar-refractivity contribution in [2.24, 2.45) is 0 Å². The van der Waals surface area contributed by atoms with Gasteiger partial charge < -0.3 is 4.74 Å². The second kappa shape index (κ2) is 5.01. The second-order valence-electron chi connectivity index (χ2n) is 4.00. The van der Waals surface area contributed by atoms with Crippen molar-refractivity contribution in [3.8, 4) is 11.3 Å². The molecule has 0 radical (unpaired) electrons. The first-order valence-corrected chi connectivity index (χ1v) is 6.84. The molecule has 1 aromatic carbocycles. The lowest BCUT2D eigenvalue weighted by Crippen LogP contribution is -2.07. The summed E-state index contributed by atoms with van der Waals surface area (Å²) in [6.07, 6.45) is 0. The molecule has 0 atom stereocenters. The molecule has 2 aromatic heterocycles. The van der Waals surface area contributed by atoms with Crippen LogP contribution < -0.4 is 0 Å². The number of H-pyrrole nitrogens is 1. The lowest BCUT2D eigenvalue weighted by molar-refractivity contribution is 0.0520. The predicted molar refractivity (Wildman–Crippen MR) is 73.1 cm³/mol. The van der Waals surface area contributed by atoms with Gasteiger partial charge in [0.2, 0.25) is 0 Å². The van der Waals surface area contributed by atoms with E-state index in [0.29, 0.717) is 5.39 Å². The largest absolute Gasteiger partial charge is 0.461 e. The summed E-state index contributed by atoms with van der Waals surface area (Å²) in [5.41, 5.74) is 0.426. The number of rotatable bonds is 3. The molecule has 0 aliphatic rings. The number of thiophene rings is 1. The summed E-state index contributed by atoms with van der Waals surface area (Å²) in [5.74, 6) is -1.07. The van der Waals surface area contributed by atoms with E-state index in [-0.39, 0.29) is 23.6 Å². The molecule has 1 N–H and O–H groups in total. The quantitative estimate of drug-likeness (QED) is 0.753. The minimum Gasteiger partial charge on any atom is -0.461 e. The Morgan fingerprint density at radius 1 is 1.40 bits per heavy atom. The number of nitrogens with zero attached hydrogens (tertiary/aromatic N) is 2. The molecule has 0 aliphatic heterocycles. The van der Waals surface area contributed by atoms with Crippen LogP contribution >= 0.6 is 11.3 Å². The molecular weight excluding hydrogens is 281 g/mol. The van der Waals surface area contributed by atoms with Crippen LogP contribution in [0.3, 0.4) is 0 Å². The number of hydrogen-bond acceptors (Lipinski definition) is 5. The zero-order chi connectivity index (χ0) is 14.1. The van der Waals surface area contributed by atoms with Crippen molar-refractivity contribution in [1.82, 2.24) is 15.4 Å². The standard InChI is InChI=1S/C13H10FN3O2S/c1-2-19-13(18)12-11(15-17-16-12)10-7-5-6-20-9(7)4-3-8(10)14/h3-6H,2H2,1H3,(H,15,16,17). The molecule has 0 spiro atoms. The summed E-state index contributed by atoms with van der Waals surface area (Å²) in [7, 11) is 0. The summed E-state index contributed by atoms with van der Waals surface area (Å²) >= 11 is 1.49. The summed E-state index contributed by atoms with van der Waals surface area (Å²) in [5, 5.41) is 12.6. The van der Waals surface area contributed by atoms with Crippen molar-refractivity contribution in [2.75, 3.05) is 6.61 Å². The number of nitrogens with one attached hydrogen (secondary N) is 1. The van der Waals surface area contributed by atoms with Crippen molar-refractivity contribution >= 4 is 27.4 Å². The molecule has 0 saturated carbocycles. The van der Waals surface area contributed by atoms with E-state index in [0.717, 1.165) is 4.70 Å². The third-order valence-corrected chi connectivity index (χ3v) is 3.72. The van der Waals surface area contributed by atoms with Gasteiger partial charge >= 0.3 is 5.97 Å². The van der Waals surface area contributed by atoms with E-state index in [1.165, 1.54) is 17.4 Å². The van der Waals surface area contributed by atoms with Gasteiger partial charge in [-0.3, -0.25) is 0 Å². The topological polar surface area (TPSA) is 67.9 Å². The Morgan fingerprint density at radius 3 is 3.05 bits per heavy atom. The highest BCUT2D eigenvalue weighted by atomic mass is 32.1. The number of benzene rings is 1. The molecule has 2 heterocycles. The first kappa shape index (κ1) is 12.7. The van der Waals surface area contributed by atoms with Gasteiger partial charge in [-0.05, 0) is 30.5 Å². The molecule has 3 aromatic rings.